The fraction of sp³-hybridized carbons (Fsp3) is 0.348. The van der Waals surface area contributed by atoms with Crippen LogP contribution in [0.5, 0.6) is 0 Å². The highest BCUT2D eigenvalue weighted by molar-refractivity contribution is 6.31. The van der Waals surface area contributed by atoms with Gasteiger partial charge < -0.3 is 9.80 Å². The second-order valence-corrected chi connectivity index (χ2v) is 9.44. The highest BCUT2D eigenvalue weighted by atomic mass is 35.5. The Bertz CT molecular complexity index is 1130. The van der Waals surface area contributed by atoms with Gasteiger partial charge in [-0.1, -0.05) is 35.3 Å². The van der Waals surface area contributed by atoms with Crippen molar-refractivity contribution in [2.45, 2.75) is 12.5 Å². The number of imide groups is 2. The fourth-order valence-electron chi connectivity index (χ4n) is 5.30. The molecule has 5 rings (SSSR count). The Kier molecular flexibility index (Phi) is 4.87. The molecule has 1 spiro atoms. The molecule has 1 atom stereocenters. The highest BCUT2D eigenvalue weighted by Crippen LogP contribution is 2.47. The number of benzene rings is 2. The molecule has 1 unspecified atom stereocenters. The molecule has 32 heavy (non-hydrogen) atoms. The first-order valence-corrected chi connectivity index (χ1v) is 11.2. The third-order valence-corrected chi connectivity index (χ3v) is 7.37. The predicted molar refractivity (Wildman–Crippen MR) is 123 cm³/mol. The van der Waals surface area contributed by atoms with Crippen LogP contribution >= 0.6 is 23.2 Å². The standard InChI is InChI=1S/C23H22Cl2N4O3/c1-26-20(30)23(21(31)27(2)22(26)32)12-14-6-7-16(25)11-18(14)29-9-8-28(13-19(23)29)17-5-3-4-15(24)10-17/h3-7,10-11,19H,8-9,12-13H2,1-2H3. The molecule has 2 aromatic carbocycles. The van der Waals surface area contributed by atoms with Gasteiger partial charge in [-0.15, -0.1) is 0 Å². The van der Waals surface area contributed by atoms with Gasteiger partial charge in [-0.25, -0.2) is 4.79 Å². The van der Waals surface area contributed by atoms with Gasteiger partial charge in [0, 0.05) is 55.1 Å². The topological polar surface area (TPSA) is 64.2 Å². The molecule has 3 aliphatic heterocycles. The molecular formula is C23H22Cl2N4O3. The van der Waals surface area contributed by atoms with Crippen LogP contribution in [0.3, 0.4) is 0 Å². The molecule has 0 saturated carbocycles. The number of piperazine rings is 1. The number of urea groups is 1. The van der Waals surface area contributed by atoms with E-state index in [9.17, 15) is 14.4 Å². The zero-order chi connectivity index (χ0) is 22.8. The molecule has 4 amide bonds. The summed E-state index contributed by atoms with van der Waals surface area (Å²) in [5, 5.41) is 1.22. The molecule has 166 valence electrons. The van der Waals surface area contributed by atoms with Crippen LogP contribution in [0.25, 0.3) is 0 Å². The highest BCUT2D eigenvalue weighted by Gasteiger charge is 2.63. The molecule has 2 fully saturated rings. The first-order valence-electron chi connectivity index (χ1n) is 10.4. The predicted octanol–water partition coefficient (Wildman–Crippen LogP) is 3.28. The van der Waals surface area contributed by atoms with E-state index in [-0.39, 0.29) is 6.42 Å². The summed E-state index contributed by atoms with van der Waals surface area (Å²) >= 11 is 12.5. The summed E-state index contributed by atoms with van der Waals surface area (Å²) in [6.45, 7) is 1.71. The van der Waals surface area contributed by atoms with Crippen LogP contribution in [0.2, 0.25) is 10.0 Å². The smallest absolute Gasteiger partial charge is 0.332 e. The molecule has 0 N–H and O–H groups in total. The van der Waals surface area contributed by atoms with Crippen LogP contribution in [0.1, 0.15) is 5.56 Å². The van der Waals surface area contributed by atoms with Crippen molar-refractivity contribution in [2.75, 3.05) is 43.5 Å². The number of rotatable bonds is 1. The van der Waals surface area contributed by atoms with Gasteiger partial charge in [0.25, 0.3) is 0 Å². The number of carbonyl (C=O) groups excluding carboxylic acids is 3. The minimum absolute atomic E-state index is 0.212. The van der Waals surface area contributed by atoms with E-state index in [4.69, 9.17) is 23.2 Å². The third kappa shape index (κ3) is 2.91. The molecule has 2 aromatic rings. The van der Waals surface area contributed by atoms with Crippen LogP contribution in [-0.2, 0) is 16.0 Å². The average Bonchev–Trinajstić information content (AvgIpc) is 2.80. The Hall–Kier alpha value is -2.77. The summed E-state index contributed by atoms with van der Waals surface area (Å²) in [7, 11) is 2.88. The zero-order valence-corrected chi connectivity index (χ0v) is 19.2. The van der Waals surface area contributed by atoms with E-state index >= 15 is 0 Å². The summed E-state index contributed by atoms with van der Waals surface area (Å²) in [6.07, 6.45) is 0.212. The van der Waals surface area contributed by atoms with E-state index in [1.807, 2.05) is 36.4 Å². The molecule has 9 heteroatoms. The number of barbiturate groups is 1. The molecule has 3 heterocycles. The molecule has 7 nitrogen and oxygen atoms in total. The number of nitrogens with zero attached hydrogens (tertiary/aromatic N) is 4. The largest absolute Gasteiger partial charge is 0.368 e. The van der Waals surface area contributed by atoms with Crippen molar-refractivity contribution in [1.29, 1.82) is 0 Å². The lowest BCUT2D eigenvalue weighted by Gasteiger charge is -2.56. The summed E-state index contributed by atoms with van der Waals surface area (Å²) < 4.78 is 0. The minimum Gasteiger partial charge on any atom is -0.368 e. The average molecular weight is 473 g/mol. The van der Waals surface area contributed by atoms with Gasteiger partial charge in [0.1, 0.15) is 0 Å². The SMILES string of the molecule is CN1C(=O)N(C)C(=O)C2(Cc3ccc(Cl)cc3N3CCN(c4cccc(Cl)c4)CC32)C1=O. The van der Waals surface area contributed by atoms with Crippen molar-refractivity contribution in [3.63, 3.8) is 0 Å². The quantitative estimate of drug-likeness (QED) is 0.595. The Morgan fingerprint density at radius 3 is 2.28 bits per heavy atom. The zero-order valence-electron chi connectivity index (χ0n) is 17.7. The lowest BCUT2D eigenvalue weighted by molar-refractivity contribution is -0.159. The number of hydrogen-bond acceptors (Lipinski definition) is 5. The van der Waals surface area contributed by atoms with E-state index in [2.05, 4.69) is 9.80 Å². The van der Waals surface area contributed by atoms with Crippen LogP contribution in [0, 0.1) is 5.41 Å². The van der Waals surface area contributed by atoms with Crippen molar-refractivity contribution in [2.24, 2.45) is 5.41 Å². The lowest BCUT2D eigenvalue weighted by atomic mass is 9.67. The molecule has 0 bridgehead atoms. The first kappa shape index (κ1) is 21.1. The summed E-state index contributed by atoms with van der Waals surface area (Å²) in [5.74, 6) is -0.928. The summed E-state index contributed by atoms with van der Waals surface area (Å²) in [6, 6.07) is 12.0. The summed E-state index contributed by atoms with van der Waals surface area (Å²) in [4.78, 5) is 46.2. The van der Waals surface area contributed by atoms with Gasteiger partial charge in [0.05, 0.1) is 6.04 Å². The van der Waals surface area contributed by atoms with Crippen LogP contribution in [0.4, 0.5) is 16.2 Å². The second-order valence-electron chi connectivity index (χ2n) is 8.57. The third-order valence-electron chi connectivity index (χ3n) is 6.90. The minimum atomic E-state index is -1.41. The van der Waals surface area contributed by atoms with Crippen molar-refractivity contribution >= 4 is 52.4 Å². The maximum Gasteiger partial charge on any atom is 0.332 e. The summed E-state index contributed by atoms with van der Waals surface area (Å²) in [5.41, 5.74) is 1.33. The van der Waals surface area contributed by atoms with Crippen molar-refractivity contribution in [3.8, 4) is 0 Å². The van der Waals surface area contributed by atoms with Gasteiger partial charge in [0.2, 0.25) is 11.8 Å². The Morgan fingerprint density at radius 1 is 0.906 bits per heavy atom. The number of carbonyl (C=O) groups is 3. The van der Waals surface area contributed by atoms with Gasteiger partial charge in [-0.3, -0.25) is 19.4 Å². The molecule has 0 aromatic heterocycles. The second kappa shape index (κ2) is 7.39. The Labute approximate surface area is 196 Å². The molecular weight excluding hydrogens is 451 g/mol. The first-order chi connectivity index (χ1) is 15.2. The van der Waals surface area contributed by atoms with E-state index in [1.54, 1.807) is 6.07 Å². The normalized spacial score (nSPS) is 22.4. The van der Waals surface area contributed by atoms with E-state index in [0.29, 0.717) is 29.7 Å². The number of amides is 4. The number of fused-ring (bicyclic) bond motifs is 4. The van der Waals surface area contributed by atoms with Crippen LogP contribution < -0.4 is 9.80 Å². The number of hydrogen-bond donors (Lipinski definition) is 0. The molecule has 0 radical (unpaired) electrons. The van der Waals surface area contributed by atoms with Gasteiger partial charge >= 0.3 is 6.03 Å². The lowest BCUT2D eigenvalue weighted by Crippen LogP contribution is -2.74. The van der Waals surface area contributed by atoms with Crippen LogP contribution in [0.15, 0.2) is 42.5 Å². The van der Waals surface area contributed by atoms with E-state index in [1.165, 1.54) is 14.1 Å². The fourth-order valence-corrected chi connectivity index (χ4v) is 5.65. The maximum atomic E-state index is 13.7. The Morgan fingerprint density at radius 2 is 1.59 bits per heavy atom. The van der Waals surface area contributed by atoms with E-state index in [0.717, 1.165) is 26.7 Å². The Balaban J connectivity index is 1.66. The number of anilines is 2. The number of halogens is 2. The van der Waals surface area contributed by atoms with Crippen molar-refractivity contribution in [3.05, 3.63) is 58.1 Å². The maximum absolute atomic E-state index is 13.7. The van der Waals surface area contributed by atoms with Gasteiger partial charge in [-0.2, -0.15) is 0 Å². The van der Waals surface area contributed by atoms with E-state index < -0.39 is 29.3 Å². The molecule has 3 aliphatic rings. The van der Waals surface area contributed by atoms with Gasteiger partial charge in [0.15, 0.2) is 5.41 Å². The molecule has 0 aliphatic carbocycles. The van der Waals surface area contributed by atoms with Crippen molar-refractivity contribution < 1.29 is 14.4 Å². The van der Waals surface area contributed by atoms with Crippen LogP contribution in [-0.4, -0.2) is 67.4 Å². The van der Waals surface area contributed by atoms with Crippen molar-refractivity contribution in [1.82, 2.24) is 9.80 Å². The molecule has 2 saturated heterocycles. The van der Waals surface area contributed by atoms with Gasteiger partial charge in [-0.05, 0) is 42.3 Å². The monoisotopic (exact) mass is 472 g/mol.